The number of likely N-dealkylation sites (N-methyl/N-ethyl adjacent to an activating group) is 1. The molecule has 0 aromatic carbocycles. The molecule has 0 saturated heterocycles. The number of hydrogen-bond acceptors (Lipinski definition) is 5. The lowest BCUT2D eigenvalue weighted by molar-refractivity contribution is 0.337. The van der Waals surface area contributed by atoms with Crippen molar-refractivity contribution in [2.45, 2.75) is 25.8 Å². The Hall–Kier alpha value is -1.43. The van der Waals surface area contributed by atoms with E-state index < -0.39 is 5.82 Å². The van der Waals surface area contributed by atoms with Crippen molar-refractivity contribution in [1.29, 1.82) is 0 Å². The molecular formula is C12H20FN5. The second-order valence-corrected chi connectivity index (χ2v) is 4.56. The number of aromatic nitrogens is 2. The van der Waals surface area contributed by atoms with E-state index in [1.807, 2.05) is 6.92 Å². The third kappa shape index (κ3) is 3.53. The van der Waals surface area contributed by atoms with Gasteiger partial charge in [0.2, 0.25) is 5.95 Å². The summed E-state index contributed by atoms with van der Waals surface area (Å²) < 4.78 is 13.5. The molecule has 0 unspecified atom stereocenters. The molecule has 100 valence electrons. The van der Waals surface area contributed by atoms with Gasteiger partial charge in [-0.25, -0.2) is 9.37 Å². The highest BCUT2D eigenvalue weighted by molar-refractivity contribution is 5.40. The van der Waals surface area contributed by atoms with Crippen molar-refractivity contribution in [1.82, 2.24) is 14.9 Å². The molecule has 0 radical (unpaired) electrons. The SMILES string of the molecule is CCNc1ncc(F)c(NCCN(C)C2CC2)n1. The van der Waals surface area contributed by atoms with Gasteiger partial charge in [0.1, 0.15) is 0 Å². The molecule has 0 bridgehead atoms. The van der Waals surface area contributed by atoms with Crippen molar-refractivity contribution >= 4 is 11.8 Å². The predicted octanol–water partition coefficient (Wildman–Crippen LogP) is 1.55. The molecule has 0 aliphatic heterocycles. The summed E-state index contributed by atoms with van der Waals surface area (Å²) >= 11 is 0. The first-order valence-corrected chi connectivity index (χ1v) is 6.41. The summed E-state index contributed by atoms with van der Waals surface area (Å²) in [6, 6.07) is 0.722. The summed E-state index contributed by atoms with van der Waals surface area (Å²) in [5.74, 6) is 0.313. The fraction of sp³-hybridized carbons (Fsp3) is 0.667. The summed E-state index contributed by atoms with van der Waals surface area (Å²) in [6.07, 6.45) is 3.75. The van der Waals surface area contributed by atoms with Crippen LogP contribution in [0, 0.1) is 5.82 Å². The van der Waals surface area contributed by atoms with Crippen molar-refractivity contribution in [3.63, 3.8) is 0 Å². The molecule has 1 aliphatic rings. The Bertz CT molecular complexity index is 394. The lowest BCUT2D eigenvalue weighted by Gasteiger charge is -2.16. The van der Waals surface area contributed by atoms with Crippen LogP contribution in [-0.2, 0) is 0 Å². The maximum Gasteiger partial charge on any atom is 0.224 e. The van der Waals surface area contributed by atoms with Gasteiger partial charge in [-0.1, -0.05) is 0 Å². The highest BCUT2D eigenvalue weighted by Gasteiger charge is 2.25. The molecule has 18 heavy (non-hydrogen) atoms. The molecule has 0 amide bonds. The monoisotopic (exact) mass is 253 g/mol. The Morgan fingerprint density at radius 1 is 1.44 bits per heavy atom. The van der Waals surface area contributed by atoms with Crippen LogP contribution in [0.15, 0.2) is 6.20 Å². The van der Waals surface area contributed by atoms with E-state index in [1.54, 1.807) is 0 Å². The van der Waals surface area contributed by atoms with Gasteiger partial charge in [-0.2, -0.15) is 4.98 Å². The second kappa shape index (κ2) is 5.95. The van der Waals surface area contributed by atoms with Crippen LogP contribution < -0.4 is 10.6 Å². The molecule has 0 spiro atoms. The van der Waals surface area contributed by atoms with Crippen molar-refractivity contribution < 1.29 is 4.39 Å². The number of anilines is 2. The van der Waals surface area contributed by atoms with Gasteiger partial charge in [-0.3, -0.25) is 0 Å². The van der Waals surface area contributed by atoms with Crippen LogP contribution in [0.4, 0.5) is 16.2 Å². The van der Waals surface area contributed by atoms with Crippen LogP contribution in [0.5, 0.6) is 0 Å². The summed E-state index contributed by atoms with van der Waals surface area (Å²) in [5, 5.41) is 5.98. The van der Waals surface area contributed by atoms with E-state index in [9.17, 15) is 4.39 Å². The first-order valence-electron chi connectivity index (χ1n) is 6.41. The van der Waals surface area contributed by atoms with Crippen molar-refractivity contribution in [2.75, 3.05) is 37.3 Å². The molecule has 6 heteroatoms. The van der Waals surface area contributed by atoms with E-state index >= 15 is 0 Å². The largest absolute Gasteiger partial charge is 0.366 e. The third-order valence-corrected chi connectivity index (χ3v) is 3.01. The standard InChI is InChI=1S/C12H20FN5/c1-3-14-12-16-8-10(13)11(17-12)15-6-7-18(2)9-4-5-9/h8-9H,3-7H2,1-2H3,(H2,14,15,16,17). The van der Waals surface area contributed by atoms with Crippen LogP contribution in [0.1, 0.15) is 19.8 Å². The summed E-state index contributed by atoms with van der Waals surface area (Å²) in [7, 11) is 2.10. The van der Waals surface area contributed by atoms with Gasteiger partial charge in [-0.05, 0) is 26.8 Å². The molecule has 2 N–H and O–H groups in total. The summed E-state index contributed by atoms with van der Waals surface area (Å²) in [5.41, 5.74) is 0. The fourth-order valence-corrected chi connectivity index (χ4v) is 1.78. The average Bonchev–Trinajstić information content (AvgIpc) is 3.17. The Balaban J connectivity index is 1.84. The Morgan fingerprint density at radius 2 is 2.22 bits per heavy atom. The van der Waals surface area contributed by atoms with Crippen LogP contribution in [-0.4, -0.2) is 47.6 Å². The molecule has 1 aromatic heterocycles. The van der Waals surface area contributed by atoms with Crippen LogP contribution in [0.25, 0.3) is 0 Å². The zero-order valence-corrected chi connectivity index (χ0v) is 10.9. The minimum Gasteiger partial charge on any atom is -0.366 e. The van der Waals surface area contributed by atoms with Crippen LogP contribution in [0.2, 0.25) is 0 Å². The first-order chi connectivity index (χ1) is 8.70. The molecule has 1 aliphatic carbocycles. The second-order valence-electron chi connectivity index (χ2n) is 4.56. The van der Waals surface area contributed by atoms with Crippen molar-refractivity contribution in [2.24, 2.45) is 0 Å². The van der Waals surface area contributed by atoms with Crippen LogP contribution in [0.3, 0.4) is 0 Å². The number of rotatable bonds is 7. The van der Waals surface area contributed by atoms with Gasteiger partial charge in [0, 0.05) is 25.7 Å². The molecule has 1 aromatic rings. The van der Waals surface area contributed by atoms with Gasteiger partial charge in [-0.15, -0.1) is 0 Å². The predicted molar refractivity (Wildman–Crippen MR) is 70.3 cm³/mol. The molecule has 1 fully saturated rings. The van der Waals surface area contributed by atoms with E-state index in [1.165, 1.54) is 19.0 Å². The first kappa shape index (κ1) is 13.0. The molecule has 1 heterocycles. The Labute approximate surface area is 107 Å². The maximum absolute atomic E-state index is 13.5. The van der Waals surface area contributed by atoms with E-state index in [4.69, 9.17) is 0 Å². The average molecular weight is 253 g/mol. The number of nitrogens with zero attached hydrogens (tertiary/aromatic N) is 3. The Morgan fingerprint density at radius 3 is 2.89 bits per heavy atom. The highest BCUT2D eigenvalue weighted by Crippen LogP contribution is 2.24. The number of nitrogens with one attached hydrogen (secondary N) is 2. The van der Waals surface area contributed by atoms with E-state index in [-0.39, 0.29) is 5.82 Å². The zero-order chi connectivity index (χ0) is 13.0. The molecule has 0 atom stereocenters. The Kier molecular flexibility index (Phi) is 4.30. The molecule has 2 rings (SSSR count). The van der Waals surface area contributed by atoms with Crippen molar-refractivity contribution in [3.05, 3.63) is 12.0 Å². The number of hydrogen-bond donors (Lipinski definition) is 2. The van der Waals surface area contributed by atoms with E-state index in [2.05, 4.69) is 32.5 Å². The minimum absolute atomic E-state index is 0.269. The normalized spacial score (nSPS) is 14.9. The summed E-state index contributed by atoms with van der Waals surface area (Å²) in [4.78, 5) is 10.2. The maximum atomic E-state index is 13.5. The lowest BCUT2D eigenvalue weighted by Crippen LogP contribution is -2.27. The van der Waals surface area contributed by atoms with E-state index in [0.717, 1.165) is 19.1 Å². The topological polar surface area (TPSA) is 53.1 Å². The molecular weight excluding hydrogens is 233 g/mol. The van der Waals surface area contributed by atoms with Gasteiger partial charge in [0.25, 0.3) is 0 Å². The third-order valence-electron chi connectivity index (χ3n) is 3.01. The quantitative estimate of drug-likeness (QED) is 0.772. The molecule has 5 nitrogen and oxygen atoms in total. The fourth-order valence-electron chi connectivity index (χ4n) is 1.78. The van der Waals surface area contributed by atoms with Gasteiger partial charge in [0.15, 0.2) is 11.6 Å². The van der Waals surface area contributed by atoms with Crippen LogP contribution >= 0.6 is 0 Å². The van der Waals surface area contributed by atoms with Gasteiger partial charge < -0.3 is 15.5 Å². The summed E-state index contributed by atoms with van der Waals surface area (Å²) in [6.45, 7) is 4.25. The zero-order valence-electron chi connectivity index (χ0n) is 10.9. The number of halogens is 1. The highest BCUT2D eigenvalue weighted by atomic mass is 19.1. The lowest BCUT2D eigenvalue weighted by atomic mass is 10.4. The molecule has 1 saturated carbocycles. The van der Waals surface area contributed by atoms with Crippen molar-refractivity contribution in [3.8, 4) is 0 Å². The van der Waals surface area contributed by atoms with E-state index in [0.29, 0.717) is 12.5 Å². The van der Waals surface area contributed by atoms with Gasteiger partial charge in [0.05, 0.1) is 6.20 Å². The smallest absolute Gasteiger partial charge is 0.224 e. The minimum atomic E-state index is -0.411. The van der Waals surface area contributed by atoms with Gasteiger partial charge >= 0.3 is 0 Å².